The number of ether oxygens (including phenoxy) is 2. The van der Waals surface area contributed by atoms with Crippen molar-refractivity contribution in [2.75, 3.05) is 19.7 Å². The number of nitrogens with one attached hydrogen (secondary N) is 1. The molecule has 0 spiro atoms. The summed E-state index contributed by atoms with van der Waals surface area (Å²) in [6.45, 7) is 1.19. The second-order valence-corrected chi connectivity index (χ2v) is 8.92. The number of rotatable bonds is 7. The van der Waals surface area contributed by atoms with Crippen LogP contribution in [0.15, 0.2) is 36.4 Å². The van der Waals surface area contributed by atoms with Crippen LogP contribution in [0, 0.1) is 11.7 Å². The summed E-state index contributed by atoms with van der Waals surface area (Å²) in [6, 6.07) is 9.43. The Kier molecular flexibility index (Phi) is 7.18. The highest BCUT2D eigenvalue weighted by Crippen LogP contribution is 2.31. The molecule has 0 radical (unpaired) electrons. The van der Waals surface area contributed by atoms with E-state index in [1.807, 2.05) is 11.1 Å². The van der Waals surface area contributed by atoms with E-state index in [9.17, 15) is 14.0 Å². The van der Waals surface area contributed by atoms with Crippen LogP contribution in [-0.4, -0.2) is 42.5 Å². The van der Waals surface area contributed by atoms with Crippen LogP contribution < -0.4 is 14.9 Å². The predicted molar refractivity (Wildman–Crippen MR) is 119 cm³/mol. The maximum atomic E-state index is 13.4. The molecule has 2 aliphatic rings. The van der Waals surface area contributed by atoms with E-state index in [0.717, 1.165) is 24.5 Å². The van der Waals surface area contributed by atoms with Crippen molar-refractivity contribution >= 4 is 34.9 Å². The van der Waals surface area contributed by atoms with Gasteiger partial charge in [0.15, 0.2) is 11.9 Å². The molecule has 9 heteroatoms. The van der Waals surface area contributed by atoms with Gasteiger partial charge in [0.05, 0.1) is 5.02 Å². The van der Waals surface area contributed by atoms with Gasteiger partial charge in [-0.15, -0.1) is 0 Å². The quantitative estimate of drug-likeness (QED) is 0.642. The van der Waals surface area contributed by atoms with E-state index in [4.69, 9.17) is 32.7 Å². The zero-order chi connectivity index (χ0) is 22.7. The number of ketones is 1. The Labute approximate surface area is 195 Å². The number of hydrazine groups is 1. The lowest BCUT2D eigenvalue weighted by Crippen LogP contribution is -2.51. The third-order valence-electron chi connectivity index (χ3n) is 5.68. The average Bonchev–Trinajstić information content (AvgIpc) is 3.19. The second-order valence-electron chi connectivity index (χ2n) is 8.08. The molecule has 0 saturated carbocycles. The Balaban J connectivity index is 1.17. The molecule has 2 aliphatic heterocycles. The number of amides is 1. The van der Waals surface area contributed by atoms with Crippen LogP contribution in [0.4, 0.5) is 4.39 Å². The van der Waals surface area contributed by atoms with Crippen molar-refractivity contribution in [1.29, 1.82) is 0 Å². The van der Waals surface area contributed by atoms with Gasteiger partial charge in [0, 0.05) is 37.0 Å². The summed E-state index contributed by atoms with van der Waals surface area (Å²) in [7, 11) is 0. The van der Waals surface area contributed by atoms with E-state index in [2.05, 4.69) is 5.43 Å². The maximum absolute atomic E-state index is 13.4. The van der Waals surface area contributed by atoms with Gasteiger partial charge in [-0.05, 0) is 54.7 Å². The van der Waals surface area contributed by atoms with Crippen LogP contribution in [0.25, 0.3) is 0 Å². The Bertz CT molecular complexity index is 1010. The highest BCUT2D eigenvalue weighted by atomic mass is 35.5. The fourth-order valence-electron chi connectivity index (χ4n) is 3.95. The van der Waals surface area contributed by atoms with Crippen LogP contribution in [0.3, 0.4) is 0 Å². The predicted octanol–water partition coefficient (Wildman–Crippen LogP) is 4.22. The van der Waals surface area contributed by atoms with Crippen molar-refractivity contribution in [2.24, 2.45) is 5.92 Å². The smallest absolute Gasteiger partial charge is 0.275 e. The summed E-state index contributed by atoms with van der Waals surface area (Å²) in [5.41, 5.74) is 3.85. The molecule has 0 bridgehead atoms. The van der Waals surface area contributed by atoms with Gasteiger partial charge >= 0.3 is 0 Å². The Morgan fingerprint density at radius 3 is 2.69 bits per heavy atom. The standard InChI is InChI=1S/C23H23Cl2FN2O4/c24-16-1-4-21-15(10-16)11-22(32-21)23(30)27-28-7-5-14(6-8-28)9-17(29)13-31-18-2-3-19(25)20(26)12-18/h1-4,10,12,14,22H,5-9,11,13H2,(H,27,30). The number of fused-ring (bicyclic) bond motifs is 1. The van der Waals surface area contributed by atoms with Crippen LogP contribution in [0.2, 0.25) is 10.0 Å². The lowest BCUT2D eigenvalue weighted by Gasteiger charge is -2.32. The number of benzene rings is 2. The van der Waals surface area contributed by atoms with Gasteiger partial charge in [-0.25, -0.2) is 9.40 Å². The Morgan fingerprint density at radius 1 is 1.16 bits per heavy atom. The molecule has 2 aromatic carbocycles. The highest BCUT2D eigenvalue weighted by Gasteiger charge is 2.31. The molecular formula is C23H23Cl2FN2O4. The first kappa shape index (κ1) is 22.8. The van der Waals surface area contributed by atoms with Crippen molar-refractivity contribution in [1.82, 2.24) is 10.4 Å². The van der Waals surface area contributed by atoms with E-state index in [1.165, 1.54) is 12.1 Å². The molecule has 1 saturated heterocycles. The van der Waals surface area contributed by atoms with Crippen molar-refractivity contribution in [3.63, 3.8) is 0 Å². The molecular weight excluding hydrogens is 458 g/mol. The summed E-state index contributed by atoms with van der Waals surface area (Å²) in [4.78, 5) is 24.8. The zero-order valence-corrected chi connectivity index (χ0v) is 18.8. The van der Waals surface area contributed by atoms with E-state index in [-0.39, 0.29) is 35.0 Å². The zero-order valence-electron chi connectivity index (χ0n) is 17.3. The molecule has 1 unspecified atom stereocenters. The number of hydrogen-bond donors (Lipinski definition) is 1. The minimum Gasteiger partial charge on any atom is -0.486 e. The van der Waals surface area contributed by atoms with Crippen molar-refractivity contribution in [2.45, 2.75) is 31.8 Å². The fraction of sp³-hybridized carbons (Fsp3) is 0.391. The van der Waals surface area contributed by atoms with Gasteiger partial charge in [-0.3, -0.25) is 15.0 Å². The van der Waals surface area contributed by atoms with E-state index in [0.29, 0.717) is 36.7 Å². The molecule has 1 amide bonds. The van der Waals surface area contributed by atoms with Crippen molar-refractivity contribution < 1.29 is 23.5 Å². The molecule has 32 heavy (non-hydrogen) atoms. The molecule has 2 aromatic rings. The van der Waals surface area contributed by atoms with Gasteiger partial charge < -0.3 is 9.47 Å². The second kappa shape index (κ2) is 10.1. The minimum absolute atomic E-state index is 0.0101. The molecule has 0 aliphatic carbocycles. The van der Waals surface area contributed by atoms with Crippen LogP contribution >= 0.6 is 23.2 Å². The Hall–Kier alpha value is -2.35. The van der Waals surface area contributed by atoms with E-state index < -0.39 is 11.9 Å². The number of carbonyl (C=O) groups is 2. The van der Waals surface area contributed by atoms with E-state index >= 15 is 0 Å². The first-order valence-corrected chi connectivity index (χ1v) is 11.2. The monoisotopic (exact) mass is 480 g/mol. The number of halogens is 3. The molecule has 170 valence electrons. The highest BCUT2D eigenvalue weighted by molar-refractivity contribution is 6.31. The van der Waals surface area contributed by atoms with Crippen molar-refractivity contribution in [3.05, 3.63) is 57.8 Å². The normalized spacial score (nSPS) is 18.7. The fourth-order valence-corrected chi connectivity index (χ4v) is 4.26. The first-order valence-electron chi connectivity index (χ1n) is 10.5. The Morgan fingerprint density at radius 2 is 1.94 bits per heavy atom. The summed E-state index contributed by atoms with van der Waals surface area (Å²) < 4.78 is 24.5. The molecule has 4 rings (SSSR count). The first-order chi connectivity index (χ1) is 15.4. The molecule has 1 N–H and O–H groups in total. The SMILES string of the molecule is O=C(COc1ccc(Cl)c(F)c1)CC1CCN(NC(=O)C2Cc3cc(Cl)ccc3O2)CC1. The number of piperidine rings is 1. The molecule has 2 heterocycles. The lowest BCUT2D eigenvalue weighted by molar-refractivity contribution is -0.133. The summed E-state index contributed by atoms with van der Waals surface area (Å²) in [5, 5.41) is 2.50. The summed E-state index contributed by atoms with van der Waals surface area (Å²) in [5.74, 6) is 0.373. The minimum atomic E-state index is -0.582. The topological polar surface area (TPSA) is 67.9 Å². The van der Waals surface area contributed by atoms with Crippen LogP contribution in [0.1, 0.15) is 24.8 Å². The van der Waals surface area contributed by atoms with Crippen LogP contribution in [0.5, 0.6) is 11.5 Å². The van der Waals surface area contributed by atoms with Crippen molar-refractivity contribution in [3.8, 4) is 11.5 Å². The van der Waals surface area contributed by atoms with Gasteiger partial charge in [0.2, 0.25) is 0 Å². The summed E-state index contributed by atoms with van der Waals surface area (Å²) in [6.07, 6.45) is 1.87. The van der Waals surface area contributed by atoms with Gasteiger partial charge in [-0.1, -0.05) is 23.2 Å². The number of Topliss-reactive ketones (excluding diaryl/α,β-unsaturated/α-hetero) is 1. The number of hydrogen-bond acceptors (Lipinski definition) is 5. The number of carbonyl (C=O) groups excluding carboxylic acids is 2. The van der Waals surface area contributed by atoms with Gasteiger partial charge in [-0.2, -0.15) is 0 Å². The maximum Gasteiger partial charge on any atom is 0.275 e. The molecule has 1 fully saturated rings. The van der Waals surface area contributed by atoms with Gasteiger partial charge in [0.25, 0.3) is 5.91 Å². The third-order valence-corrected chi connectivity index (χ3v) is 6.22. The summed E-state index contributed by atoms with van der Waals surface area (Å²) >= 11 is 11.6. The van der Waals surface area contributed by atoms with Crippen LogP contribution in [-0.2, 0) is 16.0 Å². The van der Waals surface area contributed by atoms with Gasteiger partial charge in [0.1, 0.15) is 23.9 Å². The third kappa shape index (κ3) is 5.71. The van der Waals surface area contributed by atoms with E-state index in [1.54, 1.807) is 12.1 Å². The molecule has 6 nitrogen and oxygen atoms in total. The molecule has 0 aromatic heterocycles. The molecule has 1 atom stereocenters. The number of nitrogens with zero attached hydrogens (tertiary/aromatic N) is 1. The lowest BCUT2D eigenvalue weighted by atomic mass is 9.92. The average molecular weight is 481 g/mol. The largest absolute Gasteiger partial charge is 0.486 e.